The predicted octanol–water partition coefficient (Wildman–Crippen LogP) is 2.99. The molecule has 0 atom stereocenters. The van der Waals surface area contributed by atoms with Crippen molar-refractivity contribution in [2.75, 3.05) is 11.5 Å². The Bertz CT molecular complexity index is 444. The number of rotatable bonds is 5. The molecular weight excluding hydrogens is 291 g/mol. The average molecular weight is 307 g/mol. The molecule has 2 rings (SSSR count). The van der Waals surface area contributed by atoms with Crippen LogP contribution in [0.25, 0.3) is 0 Å². The molecule has 1 aromatic carbocycles. The molecule has 1 saturated heterocycles. The molecule has 3 nitrogen and oxygen atoms in total. The molecule has 0 radical (unpaired) electrons. The third-order valence-corrected chi connectivity index (χ3v) is 4.02. The molecule has 2 N–H and O–H groups in total. The molecule has 7 heteroatoms. The summed E-state index contributed by atoms with van der Waals surface area (Å²) in [5.41, 5.74) is 7.17. The van der Waals surface area contributed by atoms with Gasteiger partial charge in [-0.05, 0) is 12.5 Å². The van der Waals surface area contributed by atoms with Crippen LogP contribution in [-0.4, -0.2) is 24.0 Å². The summed E-state index contributed by atoms with van der Waals surface area (Å²) in [6.07, 6.45) is -4.60. The number of halogens is 3. The van der Waals surface area contributed by atoms with Crippen molar-refractivity contribution in [1.29, 1.82) is 0 Å². The minimum Gasteiger partial charge on any atom is -0.326 e. The van der Waals surface area contributed by atoms with Crippen molar-refractivity contribution in [3.63, 3.8) is 0 Å². The van der Waals surface area contributed by atoms with Crippen LogP contribution in [0.1, 0.15) is 18.1 Å². The number of hydrogen-bond donors (Lipinski definition) is 1. The second-order valence-electron chi connectivity index (χ2n) is 4.57. The van der Waals surface area contributed by atoms with Crippen molar-refractivity contribution in [2.24, 2.45) is 5.73 Å². The lowest BCUT2D eigenvalue weighted by molar-refractivity contribution is -0.445. The number of hydrogen-bond acceptors (Lipinski definition) is 4. The van der Waals surface area contributed by atoms with Gasteiger partial charge in [0.25, 0.3) is 0 Å². The van der Waals surface area contributed by atoms with Crippen LogP contribution < -0.4 is 5.73 Å². The molecule has 0 saturated carbocycles. The number of thioether (sulfide) groups is 1. The van der Waals surface area contributed by atoms with Crippen LogP contribution in [0.2, 0.25) is 0 Å². The molecule has 0 bridgehead atoms. The Morgan fingerprint density at radius 3 is 2.30 bits per heavy atom. The predicted molar refractivity (Wildman–Crippen MR) is 71.0 cm³/mol. The summed E-state index contributed by atoms with van der Waals surface area (Å²) in [5, 5.41) is 0. The summed E-state index contributed by atoms with van der Waals surface area (Å²) in [7, 11) is 0. The maximum Gasteiger partial charge on any atom is 0.397 e. The van der Waals surface area contributed by atoms with Crippen LogP contribution in [0.5, 0.6) is 0 Å². The first-order valence-corrected chi connectivity index (χ1v) is 7.30. The largest absolute Gasteiger partial charge is 0.397 e. The number of nitrogens with two attached hydrogens (primary N) is 1. The molecule has 0 aromatic heterocycles. The Hall–Kier alpha value is -0.760. The van der Waals surface area contributed by atoms with Crippen LogP contribution in [0, 0.1) is 0 Å². The molecule has 0 unspecified atom stereocenters. The van der Waals surface area contributed by atoms with Gasteiger partial charge in [0.15, 0.2) is 6.29 Å². The maximum atomic E-state index is 12.2. The molecule has 1 fully saturated rings. The van der Waals surface area contributed by atoms with E-state index in [-0.39, 0.29) is 5.75 Å². The number of ether oxygens (including phenoxy) is 2. The van der Waals surface area contributed by atoms with Gasteiger partial charge in [-0.1, -0.05) is 24.3 Å². The smallest absolute Gasteiger partial charge is 0.326 e. The van der Waals surface area contributed by atoms with E-state index in [0.29, 0.717) is 12.1 Å². The highest BCUT2D eigenvalue weighted by atomic mass is 32.2. The third-order valence-electron chi connectivity index (χ3n) is 2.90. The lowest BCUT2D eigenvalue weighted by atomic mass is 10.0. The van der Waals surface area contributed by atoms with Crippen LogP contribution in [0.3, 0.4) is 0 Å². The highest BCUT2D eigenvalue weighted by molar-refractivity contribution is 7.99. The van der Waals surface area contributed by atoms with Crippen molar-refractivity contribution >= 4 is 11.8 Å². The molecule has 112 valence electrons. The van der Waals surface area contributed by atoms with E-state index in [1.807, 2.05) is 12.1 Å². The van der Waals surface area contributed by atoms with Gasteiger partial charge < -0.3 is 15.2 Å². The first-order valence-electron chi connectivity index (χ1n) is 6.14. The first-order chi connectivity index (χ1) is 9.35. The van der Waals surface area contributed by atoms with Crippen LogP contribution in [0.4, 0.5) is 13.2 Å². The Kier molecular flexibility index (Phi) is 4.63. The van der Waals surface area contributed by atoms with Crippen molar-refractivity contribution in [3.05, 3.63) is 35.4 Å². The number of benzene rings is 1. The van der Waals surface area contributed by atoms with Gasteiger partial charge in [-0.25, -0.2) is 0 Å². The summed E-state index contributed by atoms with van der Waals surface area (Å²) in [4.78, 5) is 0. The van der Waals surface area contributed by atoms with Crippen molar-refractivity contribution in [1.82, 2.24) is 0 Å². The van der Waals surface area contributed by atoms with E-state index in [9.17, 15) is 13.2 Å². The topological polar surface area (TPSA) is 44.5 Å². The summed E-state index contributed by atoms with van der Waals surface area (Å²) in [6.45, 7) is 2.12. The quantitative estimate of drug-likeness (QED) is 0.908. The minimum absolute atomic E-state index is 0.0961. The van der Waals surface area contributed by atoms with E-state index >= 15 is 0 Å². The van der Waals surface area contributed by atoms with E-state index in [2.05, 4.69) is 0 Å². The van der Waals surface area contributed by atoms with Gasteiger partial charge in [-0.3, -0.25) is 0 Å². The van der Waals surface area contributed by atoms with Gasteiger partial charge in [0, 0.05) is 12.1 Å². The second-order valence-corrected chi connectivity index (χ2v) is 5.55. The fourth-order valence-electron chi connectivity index (χ4n) is 2.03. The zero-order chi connectivity index (χ0) is 14.8. The van der Waals surface area contributed by atoms with E-state index in [1.165, 1.54) is 0 Å². The molecule has 0 aliphatic carbocycles. The van der Waals surface area contributed by atoms with E-state index < -0.39 is 24.0 Å². The van der Waals surface area contributed by atoms with E-state index in [0.717, 1.165) is 17.3 Å². The minimum atomic E-state index is -4.19. The number of alkyl halides is 3. The van der Waals surface area contributed by atoms with Gasteiger partial charge in [0.05, 0.1) is 11.5 Å². The summed E-state index contributed by atoms with van der Waals surface area (Å²) in [5.74, 6) is -1.90. The molecule has 1 aliphatic rings. The first kappa shape index (κ1) is 15.6. The summed E-state index contributed by atoms with van der Waals surface area (Å²) < 4.78 is 47.8. The summed E-state index contributed by atoms with van der Waals surface area (Å²) >= 11 is 0.750. The lowest BCUT2D eigenvalue weighted by Crippen LogP contribution is -2.51. The molecule has 1 heterocycles. The highest BCUT2D eigenvalue weighted by Gasteiger charge is 2.47. The van der Waals surface area contributed by atoms with Crippen molar-refractivity contribution in [3.8, 4) is 0 Å². The SMILES string of the molecule is CC1OC(CSCC(F)(F)F)(c2ccc(CN)cc2)O1. The van der Waals surface area contributed by atoms with Crippen molar-refractivity contribution in [2.45, 2.75) is 31.7 Å². The Morgan fingerprint density at radius 1 is 1.25 bits per heavy atom. The Morgan fingerprint density at radius 2 is 1.85 bits per heavy atom. The lowest BCUT2D eigenvalue weighted by Gasteiger charge is -2.46. The standard InChI is InChI=1S/C13H16F3NO2S/c1-9-18-12(19-9,7-20-8-13(14,15)16)11-4-2-10(6-17)3-5-11/h2-5,9H,6-8,17H2,1H3. The van der Waals surface area contributed by atoms with Crippen molar-refractivity contribution < 1.29 is 22.6 Å². The third kappa shape index (κ3) is 3.66. The van der Waals surface area contributed by atoms with Gasteiger partial charge in [-0.15, -0.1) is 11.8 Å². The fourth-order valence-corrected chi connectivity index (χ4v) is 2.93. The molecule has 1 aliphatic heterocycles. The van der Waals surface area contributed by atoms with Crippen LogP contribution in [0.15, 0.2) is 24.3 Å². The van der Waals surface area contributed by atoms with E-state index in [4.69, 9.17) is 15.2 Å². The van der Waals surface area contributed by atoms with Crippen LogP contribution in [-0.2, 0) is 21.8 Å². The Balaban J connectivity index is 2.05. The van der Waals surface area contributed by atoms with Gasteiger partial charge in [-0.2, -0.15) is 13.2 Å². The van der Waals surface area contributed by atoms with Gasteiger partial charge in [0.1, 0.15) is 0 Å². The van der Waals surface area contributed by atoms with Gasteiger partial charge >= 0.3 is 6.18 Å². The highest BCUT2D eigenvalue weighted by Crippen LogP contribution is 2.42. The average Bonchev–Trinajstić information content (AvgIpc) is 2.35. The van der Waals surface area contributed by atoms with E-state index in [1.54, 1.807) is 19.1 Å². The van der Waals surface area contributed by atoms with Crippen LogP contribution >= 0.6 is 11.8 Å². The molecule has 0 spiro atoms. The molecular formula is C13H16F3NO2S. The molecule has 0 amide bonds. The zero-order valence-electron chi connectivity index (χ0n) is 10.9. The summed E-state index contributed by atoms with van der Waals surface area (Å²) in [6, 6.07) is 7.20. The molecule has 1 aromatic rings. The normalized spacial score (nSPS) is 26.4. The molecule has 20 heavy (non-hydrogen) atoms. The zero-order valence-corrected chi connectivity index (χ0v) is 11.8. The monoisotopic (exact) mass is 307 g/mol. The second kappa shape index (κ2) is 5.93. The fraction of sp³-hybridized carbons (Fsp3) is 0.538. The Labute approximate surface area is 119 Å². The van der Waals surface area contributed by atoms with Gasteiger partial charge in [0.2, 0.25) is 5.79 Å². The maximum absolute atomic E-state index is 12.2.